The van der Waals surface area contributed by atoms with E-state index in [0.29, 0.717) is 0 Å². The highest BCUT2D eigenvalue weighted by Crippen LogP contribution is 2.23. The molecule has 1 aromatic heterocycles. The first-order valence-electron chi connectivity index (χ1n) is 9.35. The predicted octanol–water partition coefficient (Wildman–Crippen LogP) is 5.45. The van der Waals surface area contributed by atoms with Crippen molar-refractivity contribution in [1.29, 1.82) is 0 Å². The SMILES string of the molecule is Cc1nc2cc(c1C(=O)c1ccccc1)CCCCCCCCC2. The van der Waals surface area contributed by atoms with Gasteiger partial charge in [0.25, 0.3) is 0 Å². The van der Waals surface area contributed by atoms with Gasteiger partial charge in [0, 0.05) is 22.5 Å². The maximum absolute atomic E-state index is 13.0. The molecular weight excluding hydrogens is 294 g/mol. The predicted molar refractivity (Wildman–Crippen MR) is 98.6 cm³/mol. The van der Waals surface area contributed by atoms with Crippen LogP contribution in [0.15, 0.2) is 36.4 Å². The molecule has 0 unspecified atom stereocenters. The summed E-state index contributed by atoms with van der Waals surface area (Å²) in [6.45, 7) is 2.00. The quantitative estimate of drug-likeness (QED) is 0.688. The summed E-state index contributed by atoms with van der Waals surface area (Å²) in [7, 11) is 0. The molecule has 0 aliphatic heterocycles. The average molecular weight is 321 g/mol. The molecule has 1 heterocycles. The molecule has 2 nitrogen and oxygen atoms in total. The summed E-state index contributed by atoms with van der Waals surface area (Å²) in [6, 6.07) is 11.8. The Morgan fingerprint density at radius 3 is 2.21 bits per heavy atom. The molecule has 3 rings (SSSR count). The van der Waals surface area contributed by atoms with Gasteiger partial charge in [0.1, 0.15) is 0 Å². The van der Waals surface area contributed by atoms with Gasteiger partial charge in [-0.2, -0.15) is 0 Å². The van der Waals surface area contributed by atoms with E-state index in [1.165, 1.54) is 44.1 Å². The lowest BCUT2D eigenvalue weighted by atomic mass is 9.92. The topological polar surface area (TPSA) is 30.0 Å². The van der Waals surface area contributed by atoms with Crippen LogP contribution in [-0.4, -0.2) is 10.8 Å². The third-order valence-corrected chi connectivity index (χ3v) is 4.98. The summed E-state index contributed by atoms with van der Waals surface area (Å²) < 4.78 is 0. The van der Waals surface area contributed by atoms with Crippen molar-refractivity contribution in [3.05, 3.63) is 64.5 Å². The molecule has 0 saturated heterocycles. The number of fused-ring (bicyclic) bond motifs is 2. The van der Waals surface area contributed by atoms with Crippen molar-refractivity contribution in [1.82, 2.24) is 4.98 Å². The molecule has 0 saturated carbocycles. The number of pyridine rings is 1. The van der Waals surface area contributed by atoms with Gasteiger partial charge in [-0.1, -0.05) is 62.4 Å². The van der Waals surface area contributed by atoms with Crippen LogP contribution in [-0.2, 0) is 12.8 Å². The van der Waals surface area contributed by atoms with Crippen molar-refractivity contribution in [3.8, 4) is 0 Å². The number of carbonyl (C=O) groups is 1. The van der Waals surface area contributed by atoms with E-state index in [-0.39, 0.29) is 5.78 Å². The fourth-order valence-corrected chi connectivity index (χ4v) is 3.68. The summed E-state index contributed by atoms with van der Waals surface area (Å²) in [6.07, 6.45) is 11.0. The molecule has 1 aliphatic carbocycles. The molecule has 1 aromatic carbocycles. The van der Waals surface area contributed by atoms with Crippen LogP contribution >= 0.6 is 0 Å². The fraction of sp³-hybridized carbons (Fsp3) is 0.455. The lowest BCUT2D eigenvalue weighted by molar-refractivity contribution is 0.103. The van der Waals surface area contributed by atoms with Crippen molar-refractivity contribution in [3.63, 3.8) is 0 Å². The second kappa shape index (κ2) is 8.23. The number of aromatic nitrogens is 1. The van der Waals surface area contributed by atoms with Crippen molar-refractivity contribution in [2.24, 2.45) is 0 Å². The standard InChI is InChI=1S/C22H27NO/c1-17-21(22(24)18-12-9-7-10-13-18)19-14-8-5-3-2-4-6-11-15-20(16-19)23-17/h7,9-10,12-13,16H,2-6,8,11,14-15H2,1H3. The second-order valence-corrected chi connectivity index (χ2v) is 6.90. The van der Waals surface area contributed by atoms with E-state index in [1.807, 2.05) is 37.3 Å². The number of hydrogen-bond acceptors (Lipinski definition) is 2. The fourth-order valence-electron chi connectivity index (χ4n) is 3.68. The normalized spacial score (nSPS) is 16.0. The number of hydrogen-bond donors (Lipinski definition) is 0. The number of benzene rings is 1. The van der Waals surface area contributed by atoms with Gasteiger partial charge in [0.2, 0.25) is 0 Å². The van der Waals surface area contributed by atoms with Crippen LogP contribution in [0.25, 0.3) is 0 Å². The van der Waals surface area contributed by atoms with Crippen LogP contribution in [0.5, 0.6) is 0 Å². The van der Waals surface area contributed by atoms with Gasteiger partial charge < -0.3 is 0 Å². The van der Waals surface area contributed by atoms with Crippen molar-refractivity contribution >= 4 is 5.78 Å². The van der Waals surface area contributed by atoms with E-state index < -0.39 is 0 Å². The first-order chi connectivity index (χ1) is 11.8. The summed E-state index contributed by atoms with van der Waals surface area (Å²) in [5, 5.41) is 0. The molecule has 0 spiro atoms. The molecule has 2 aromatic rings. The molecule has 126 valence electrons. The highest BCUT2D eigenvalue weighted by molar-refractivity contribution is 6.10. The number of ketones is 1. The maximum atomic E-state index is 13.0. The van der Waals surface area contributed by atoms with Gasteiger partial charge in [0.15, 0.2) is 5.78 Å². The largest absolute Gasteiger partial charge is 0.289 e. The zero-order valence-corrected chi connectivity index (χ0v) is 14.7. The second-order valence-electron chi connectivity index (χ2n) is 6.90. The van der Waals surface area contributed by atoms with Crippen molar-refractivity contribution < 1.29 is 4.79 Å². The Morgan fingerprint density at radius 2 is 1.50 bits per heavy atom. The number of rotatable bonds is 2. The Labute approximate surface area is 145 Å². The molecule has 0 atom stereocenters. The monoisotopic (exact) mass is 321 g/mol. The Morgan fingerprint density at radius 1 is 0.875 bits per heavy atom. The van der Waals surface area contributed by atoms with Crippen LogP contribution in [0.3, 0.4) is 0 Å². The van der Waals surface area contributed by atoms with Gasteiger partial charge >= 0.3 is 0 Å². The molecule has 1 aliphatic rings. The average Bonchev–Trinajstić information content (AvgIpc) is 2.59. The van der Waals surface area contributed by atoms with E-state index >= 15 is 0 Å². The Hall–Kier alpha value is -1.96. The van der Waals surface area contributed by atoms with E-state index in [1.54, 1.807) is 0 Å². The van der Waals surface area contributed by atoms with Crippen molar-refractivity contribution in [2.75, 3.05) is 0 Å². The molecule has 2 bridgehead atoms. The third kappa shape index (κ3) is 4.11. The van der Waals surface area contributed by atoms with Crippen LogP contribution in [0.4, 0.5) is 0 Å². The minimum absolute atomic E-state index is 0.120. The van der Waals surface area contributed by atoms with E-state index in [4.69, 9.17) is 4.98 Å². The molecule has 0 N–H and O–H groups in total. The lowest BCUT2D eigenvalue weighted by Crippen LogP contribution is -2.11. The Kier molecular flexibility index (Phi) is 5.79. The minimum Gasteiger partial charge on any atom is -0.289 e. The van der Waals surface area contributed by atoms with E-state index in [0.717, 1.165) is 41.8 Å². The summed E-state index contributed by atoms with van der Waals surface area (Å²) >= 11 is 0. The Bertz CT molecular complexity index is 691. The van der Waals surface area contributed by atoms with Crippen LogP contribution in [0, 0.1) is 6.92 Å². The Balaban J connectivity index is 1.95. The van der Waals surface area contributed by atoms with E-state index in [9.17, 15) is 4.79 Å². The lowest BCUT2D eigenvalue weighted by Gasteiger charge is -2.15. The highest BCUT2D eigenvalue weighted by atomic mass is 16.1. The molecule has 24 heavy (non-hydrogen) atoms. The minimum atomic E-state index is 0.120. The summed E-state index contributed by atoms with van der Waals surface area (Å²) in [4.78, 5) is 17.8. The van der Waals surface area contributed by atoms with Gasteiger partial charge in [-0.05, 0) is 44.2 Å². The van der Waals surface area contributed by atoms with Crippen molar-refractivity contribution in [2.45, 2.75) is 64.7 Å². The first kappa shape index (κ1) is 16.9. The molecular formula is C22H27NO. The smallest absolute Gasteiger partial charge is 0.195 e. The summed E-state index contributed by atoms with van der Waals surface area (Å²) in [5.74, 6) is 0.120. The maximum Gasteiger partial charge on any atom is 0.195 e. The van der Waals surface area contributed by atoms with Gasteiger partial charge in [-0.25, -0.2) is 0 Å². The molecule has 0 amide bonds. The zero-order valence-electron chi connectivity index (χ0n) is 14.7. The van der Waals surface area contributed by atoms with Gasteiger partial charge in [-0.15, -0.1) is 0 Å². The van der Waals surface area contributed by atoms with Crippen LogP contribution in [0.1, 0.15) is 77.8 Å². The van der Waals surface area contributed by atoms with Crippen LogP contribution < -0.4 is 0 Å². The number of carbonyl (C=O) groups excluding carboxylic acids is 1. The zero-order chi connectivity index (χ0) is 16.8. The molecule has 2 heteroatoms. The molecule has 0 fully saturated rings. The van der Waals surface area contributed by atoms with Crippen LogP contribution in [0.2, 0.25) is 0 Å². The van der Waals surface area contributed by atoms with Gasteiger partial charge in [-0.3, -0.25) is 9.78 Å². The third-order valence-electron chi connectivity index (χ3n) is 4.98. The summed E-state index contributed by atoms with van der Waals surface area (Å²) in [5.41, 5.74) is 4.85. The first-order valence-corrected chi connectivity index (χ1v) is 9.35. The molecule has 0 radical (unpaired) electrons. The van der Waals surface area contributed by atoms with Gasteiger partial charge in [0.05, 0.1) is 0 Å². The highest BCUT2D eigenvalue weighted by Gasteiger charge is 2.18. The number of aryl methyl sites for hydroxylation is 3. The van der Waals surface area contributed by atoms with E-state index in [2.05, 4.69) is 6.07 Å². The number of nitrogens with zero attached hydrogens (tertiary/aromatic N) is 1.